The van der Waals surface area contributed by atoms with Crippen LogP contribution in [0.2, 0.25) is 0 Å². The van der Waals surface area contributed by atoms with Crippen LogP contribution in [0.3, 0.4) is 0 Å². The summed E-state index contributed by atoms with van der Waals surface area (Å²) in [5.74, 6) is -1.51. The van der Waals surface area contributed by atoms with Crippen LogP contribution < -0.4 is 10.1 Å². The lowest BCUT2D eigenvalue weighted by atomic mass is 10.2. The Morgan fingerprint density at radius 1 is 1.45 bits per heavy atom. The molecular weight excluding hydrogens is 298 g/mol. The van der Waals surface area contributed by atoms with E-state index in [1.807, 2.05) is 0 Å². The van der Waals surface area contributed by atoms with Gasteiger partial charge in [0, 0.05) is 6.07 Å². The van der Waals surface area contributed by atoms with E-state index in [-0.39, 0.29) is 11.4 Å². The van der Waals surface area contributed by atoms with Crippen LogP contribution in [0.25, 0.3) is 0 Å². The summed E-state index contributed by atoms with van der Waals surface area (Å²) in [6, 6.07) is 2.98. The van der Waals surface area contributed by atoms with Gasteiger partial charge in [0.1, 0.15) is 11.6 Å². The van der Waals surface area contributed by atoms with E-state index in [1.54, 1.807) is 13.2 Å². The van der Waals surface area contributed by atoms with Crippen molar-refractivity contribution in [3.05, 3.63) is 24.0 Å². The highest BCUT2D eigenvalue weighted by molar-refractivity contribution is 7.99. The van der Waals surface area contributed by atoms with Gasteiger partial charge in [-0.2, -0.15) is 24.9 Å². The quantitative estimate of drug-likeness (QED) is 0.846. The molecule has 3 nitrogen and oxygen atoms in total. The molecule has 0 aliphatic carbocycles. The molecule has 0 bridgehead atoms. The first kappa shape index (κ1) is 16.6. The number of hydrogen-bond acceptors (Lipinski definition) is 3. The molecule has 0 aliphatic rings. The molecule has 1 rings (SSSR count). The summed E-state index contributed by atoms with van der Waals surface area (Å²) in [4.78, 5) is 11.7. The standard InChI is InChI=1S/C12H13F4NO2S/c1-7(20-2)11(18)17-9-4-3-8(13)5-10(9)19-6-12(14,15)16/h3-5,7H,6H2,1-2H3,(H,17,18). The maximum Gasteiger partial charge on any atom is 0.422 e. The van der Waals surface area contributed by atoms with Gasteiger partial charge < -0.3 is 10.1 Å². The van der Waals surface area contributed by atoms with Gasteiger partial charge in [0.25, 0.3) is 0 Å². The van der Waals surface area contributed by atoms with E-state index in [0.717, 1.165) is 18.2 Å². The predicted molar refractivity (Wildman–Crippen MR) is 69.6 cm³/mol. The molecule has 1 amide bonds. The number of hydrogen-bond donors (Lipinski definition) is 1. The number of amides is 1. The monoisotopic (exact) mass is 311 g/mol. The normalized spacial score (nSPS) is 12.9. The fraction of sp³-hybridized carbons (Fsp3) is 0.417. The molecule has 112 valence electrons. The summed E-state index contributed by atoms with van der Waals surface area (Å²) in [6.07, 6.45) is -2.82. The minimum Gasteiger partial charge on any atom is -0.482 e. The zero-order valence-electron chi connectivity index (χ0n) is 10.8. The summed E-state index contributed by atoms with van der Waals surface area (Å²) in [6.45, 7) is 0.0805. The number of rotatable bonds is 5. The summed E-state index contributed by atoms with van der Waals surface area (Å²) in [7, 11) is 0. The third kappa shape index (κ3) is 5.28. The summed E-state index contributed by atoms with van der Waals surface area (Å²) >= 11 is 1.27. The summed E-state index contributed by atoms with van der Waals surface area (Å²) in [5, 5.41) is 2.01. The Bertz CT molecular complexity index is 479. The number of halogens is 4. The van der Waals surface area contributed by atoms with Gasteiger partial charge in [-0.15, -0.1) is 0 Å². The Kier molecular flexibility index (Phi) is 5.67. The number of thioether (sulfide) groups is 1. The smallest absolute Gasteiger partial charge is 0.422 e. The second kappa shape index (κ2) is 6.83. The van der Waals surface area contributed by atoms with Gasteiger partial charge in [0.05, 0.1) is 10.9 Å². The highest BCUT2D eigenvalue weighted by Crippen LogP contribution is 2.28. The van der Waals surface area contributed by atoms with Crippen LogP contribution in [0.4, 0.5) is 23.2 Å². The third-order valence-electron chi connectivity index (χ3n) is 2.32. The fourth-order valence-corrected chi connectivity index (χ4v) is 1.49. The van der Waals surface area contributed by atoms with Gasteiger partial charge in [-0.25, -0.2) is 4.39 Å². The Morgan fingerprint density at radius 2 is 2.10 bits per heavy atom. The molecule has 20 heavy (non-hydrogen) atoms. The summed E-state index contributed by atoms with van der Waals surface area (Å²) < 4.78 is 53.9. The van der Waals surface area contributed by atoms with E-state index in [4.69, 9.17) is 0 Å². The highest BCUT2D eigenvalue weighted by Gasteiger charge is 2.29. The topological polar surface area (TPSA) is 38.3 Å². The lowest BCUT2D eigenvalue weighted by Crippen LogP contribution is -2.24. The van der Waals surface area contributed by atoms with E-state index in [2.05, 4.69) is 10.1 Å². The van der Waals surface area contributed by atoms with E-state index in [9.17, 15) is 22.4 Å². The maximum atomic E-state index is 13.1. The summed E-state index contributed by atoms with van der Waals surface area (Å²) in [5.41, 5.74) is 0.00144. The van der Waals surface area contributed by atoms with Crippen molar-refractivity contribution in [2.24, 2.45) is 0 Å². The van der Waals surface area contributed by atoms with Crippen molar-refractivity contribution in [1.29, 1.82) is 0 Å². The molecule has 0 aliphatic heterocycles. The van der Waals surface area contributed by atoms with Crippen molar-refractivity contribution in [2.75, 3.05) is 18.2 Å². The largest absolute Gasteiger partial charge is 0.482 e. The Hall–Kier alpha value is -1.44. The van der Waals surface area contributed by atoms with Crippen LogP contribution in [0.1, 0.15) is 6.92 Å². The van der Waals surface area contributed by atoms with Crippen LogP contribution >= 0.6 is 11.8 Å². The molecule has 1 N–H and O–H groups in total. The van der Waals surface area contributed by atoms with E-state index in [0.29, 0.717) is 0 Å². The Balaban J connectivity index is 2.87. The van der Waals surface area contributed by atoms with Crippen molar-refractivity contribution in [2.45, 2.75) is 18.3 Å². The van der Waals surface area contributed by atoms with Crippen molar-refractivity contribution >= 4 is 23.4 Å². The van der Waals surface area contributed by atoms with Crippen molar-refractivity contribution < 1.29 is 27.1 Å². The third-order valence-corrected chi connectivity index (χ3v) is 3.24. The van der Waals surface area contributed by atoms with Gasteiger partial charge in [-0.1, -0.05) is 0 Å². The molecule has 0 heterocycles. The van der Waals surface area contributed by atoms with Crippen LogP contribution in [0.15, 0.2) is 18.2 Å². The molecule has 1 atom stereocenters. The maximum absolute atomic E-state index is 13.1. The van der Waals surface area contributed by atoms with Crippen molar-refractivity contribution in [1.82, 2.24) is 0 Å². The molecule has 0 saturated carbocycles. The van der Waals surface area contributed by atoms with E-state index >= 15 is 0 Å². The first-order chi connectivity index (χ1) is 9.23. The minimum atomic E-state index is -4.54. The van der Waals surface area contributed by atoms with Crippen LogP contribution in [0, 0.1) is 5.82 Å². The van der Waals surface area contributed by atoms with E-state index < -0.39 is 29.8 Å². The van der Waals surface area contributed by atoms with Crippen LogP contribution in [0.5, 0.6) is 5.75 Å². The number of anilines is 1. The minimum absolute atomic E-state index is 0.00144. The molecule has 0 spiro atoms. The van der Waals surface area contributed by atoms with Crippen molar-refractivity contribution in [3.8, 4) is 5.75 Å². The first-order valence-electron chi connectivity index (χ1n) is 5.55. The molecule has 0 aromatic heterocycles. The second-order valence-electron chi connectivity index (χ2n) is 3.91. The molecule has 8 heteroatoms. The number of nitrogens with one attached hydrogen (secondary N) is 1. The van der Waals surface area contributed by atoms with Crippen LogP contribution in [-0.2, 0) is 4.79 Å². The van der Waals surface area contributed by atoms with Gasteiger partial charge in [-0.05, 0) is 25.3 Å². The molecule has 1 aromatic carbocycles. The second-order valence-corrected chi connectivity index (χ2v) is 5.09. The zero-order chi connectivity index (χ0) is 15.3. The SMILES string of the molecule is CSC(C)C(=O)Nc1ccc(F)cc1OCC(F)(F)F. The van der Waals surface area contributed by atoms with Crippen LogP contribution in [-0.4, -0.2) is 30.2 Å². The Morgan fingerprint density at radius 3 is 2.65 bits per heavy atom. The van der Waals surface area contributed by atoms with Crippen molar-refractivity contribution in [3.63, 3.8) is 0 Å². The number of alkyl halides is 3. The van der Waals surface area contributed by atoms with Gasteiger partial charge in [0.2, 0.25) is 5.91 Å². The molecule has 0 fully saturated rings. The molecular formula is C12H13F4NO2S. The molecule has 0 saturated heterocycles. The molecule has 0 radical (unpaired) electrons. The zero-order valence-corrected chi connectivity index (χ0v) is 11.6. The van der Waals surface area contributed by atoms with Gasteiger partial charge in [-0.3, -0.25) is 4.79 Å². The number of carbonyl (C=O) groups is 1. The fourth-order valence-electron chi connectivity index (χ4n) is 1.22. The highest BCUT2D eigenvalue weighted by atomic mass is 32.2. The average Bonchev–Trinajstić information content (AvgIpc) is 2.36. The Labute approximate surface area is 117 Å². The predicted octanol–water partition coefficient (Wildman–Crippen LogP) is 3.46. The lowest BCUT2D eigenvalue weighted by Gasteiger charge is -2.15. The number of benzene rings is 1. The average molecular weight is 311 g/mol. The van der Waals surface area contributed by atoms with E-state index in [1.165, 1.54) is 11.8 Å². The van der Waals surface area contributed by atoms with Gasteiger partial charge in [0.15, 0.2) is 6.61 Å². The first-order valence-corrected chi connectivity index (χ1v) is 6.84. The molecule has 1 aromatic rings. The molecule has 1 unspecified atom stereocenters. The lowest BCUT2D eigenvalue weighted by molar-refractivity contribution is -0.153. The number of carbonyl (C=O) groups excluding carboxylic acids is 1. The van der Waals surface area contributed by atoms with Gasteiger partial charge >= 0.3 is 6.18 Å². The number of ether oxygens (including phenoxy) is 1.